The number of hydrogen-bond acceptors (Lipinski definition) is 6. The van der Waals surface area contributed by atoms with Crippen molar-refractivity contribution >= 4 is 0 Å². The zero-order chi connectivity index (χ0) is 26.0. The van der Waals surface area contributed by atoms with Crippen molar-refractivity contribution in [3.63, 3.8) is 0 Å². The van der Waals surface area contributed by atoms with Gasteiger partial charge in [0.15, 0.2) is 0 Å². The van der Waals surface area contributed by atoms with Crippen LogP contribution in [0.15, 0.2) is 0 Å². The Morgan fingerprint density at radius 2 is 0.444 bits per heavy atom. The lowest BCUT2D eigenvalue weighted by atomic mass is 10.0. The Bertz CT molecular complexity index is 335. The molecule has 218 valence electrons. The van der Waals surface area contributed by atoms with E-state index >= 15 is 0 Å². The van der Waals surface area contributed by atoms with E-state index in [0.717, 1.165) is 26.1 Å². The van der Waals surface area contributed by atoms with Gasteiger partial charge in [0, 0.05) is 13.2 Å². The number of rotatable bonds is 33. The van der Waals surface area contributed by atoms with Gasteiger partial charge < -0.3 is 28.4 Å². The molecular formula is C30H62O6. The van der Waals surface area contributed by atoms with Gasteiger partial charge in [-0.2, -0.15) is 0 Å². The Labute approximate surface area is 224 Å². The lowest BCUT2D eigenvalue weighted by molar-refractivity contribution is -0.0169. The fourth-order valence-corrected chi connectivity index (χ4v) is 3.85. The van der Waals surface area contributed by atoms with Crippen LogP contribution < -0.4 is 0 Å². The monoisotopic (exact) mass is 518 g/mol. The summed E-state index contributed by atoms with van der Waals surface area (Å²) in [5, 5.41) is 0. The Morgan fingerprint density at radius 1 is 0.222 bits per heavy atom. The van der Waals surface area contributed by atoms with Gasteiger partial charge in [-0.25, -0.2) is 0 Å². The maximum Gasteiger partial charge on any atom is 0.0701 e. The normalized spacial score (nSPS) is 11.5. The van der Waals surface area contributed by atoms with Crippen molar-refractivity contribution in [1.29, 1.82) is 0 Å². The van der Waals surface area contributed by atoms with Crippen LogP contribution in [0.3, 0.4) is 0 Å². The van der Waals surface area contributed by atoms with Gasteiger partial charge in [-0.1, -0.05) is 104 Å². The van der Waals surface area contributed by atoms with Crippen molar-refractivity contribution in [2.45, 2.75) is 117 Å². The summed E-state index contributed by atoms with van der Waals surface area (Å²) >= 11 is 0. The SMILES string of the molecule is CCCCCCCCCCCCCCCCOCCOCCOCCOCCOCCOCCCC. The molecule has 0 radical (unpaired) electrons. The van der Waals surface area contributed by atoms with Gasteiger partial charge in [0.05, 0.1) is 66.1 Å². The van der Waals surface area contributed by atoms with E-state index in [-0.39, 0.29) is 0 Å². The number of ether oxygens (including phenoxy) is 6. The first-order valence-electron chi connectivity index (χ1n) is 15.4. The third kappa shape index (κ3) is 33.8. The molecule has 0 aliphatic heterocycles. The average Bonchev–Trinajstić information content (AvgIpc) is 2.89. The maximum atomic E-state index is 5.66. The molecular weight excluding hydrogens is 456 g/mol. The summed E-state index contributed by atoms with van der Waals surface area (Å²) < 4.78 is 33.1. The fourth-order valence-electron chi connectivity index (χ4n) is 3.85. The molecule has 0 rings (SSSR count). The highest BCUT2D eigenvalue weighted by Crippen LogP contribution is 2.12. The van der Waals surface area contributed by atoms with Gasteiger partial charge in [0.2, 0.25) is 0 Å². The van der Waals surface area contributed by atoms with Gasteiger partial charge in [0.1, 0.15) is 0 Å². The second-order valence-electron chi connectivity index (χ2n) is 9.62. The topological polar surface area (TPSA) is 55.4 Å². The molecule has 0 aromatic carbocycles. The third-order valence-corrected chi connectivity index (χ3v) is 6.14. The lowest BCUT2D eigenvalue weighted by Gasteiger charge is -2.08. The summed E-state index contributed by atoms with van der Waals surface area (Å²) in [6, 6.07) is 0. The molecule has 0 amide bonds. The number of unbranched alkanes of at least 4 members (excludes halogenated alkanes) is 14. The molecule has 6 nitrogen and oxygen atoms in total. The summed E-state index contributed by atoms with van der Waals surface area (Å²) in [7, 11) is 0. The molecule has 6 heteroatoms. The van der Waals surface area contributed by atoms with E-state index in [1.165, 1.54) is 89.9 Å². The Kier molecular flexibility index (Phi) is 34.5. The zero-order valence-corrected chi connectivity index (χ0v) is 24.2. The van der Waals surface area contributed by atoms with Crippen LogP contribution in [0.4, 0.5) is 0 Å². The van der Waals surface area contributed by atoms with Crippen molar-refractivity contribution in [2.75, 3.05) is 79.3 Å². The minimum Gasteiger partial charge on any atom is -0.379 e. The highest BCUT2D eigenvalue weighted by molar-refractivity contribution is 4.49. The standard InChI is InChI=1S/C30H62O6/c1-3-5-7-8-9-10-11-12-13-14-15-16-17-18-20-32-22-24-34-26-28-36-30-29-35-27-25-33-23-21-31-19-6-4-2/h3-30H2,1-2H3. The summed E-state index contributed by atoms with van der Waals surface area (Å²) in [5.41, 5.74) is 0. The van der Waals surface area contributed by atoms with E-state index in [0.29, 0.717) is 66.1 Å². The zero-order valence-electron chi connectivity index (χ0n) is 24.2. The number of hydrogen-bond donors (Lipinski definition) is 0. The predicted molar refractivity (Wildman–Crippen MR) is 150 cm³/mol. The van der Waals surface area contributed by atoms with Crippen molar-refractivity contribution in [3.8, 4) is 0 Å². The van der Waals surface area contributed by atoms with Gasteiger partial charge in [-0.05, 0) is 12.8 Å². The lowest BCUT2D eigenvalue weighted by Crippen LogP contribution is -2.14. The minimum atomic E-state index is 0.582. The Hall–Kier alpha value is -0.240. The molecule has 36 heavy (non-hydrogen) atoms. The first kappa shape index (κ1) is 35.8. The highest BCUT2D eigenvalue weighted by Gasteiger charge is 1.96. The quantitative estimate of drug-likeness (QED) is 0.0846. The van der Waals surface area contributed by atoms with Crippen LogP contribution in [0.25, 0.3) is 0 Å². The van der Waals surface area contributed by atoms with E-state index in [1.807, 2.05) is 0 Å². The summed E-state index contributed by atoms with van der Waals surface area (Å²) in [6.45, 7) is 12.3. The third-order valence-electron chi connectivity index (χ3n) is 6.14. The molecule has 0 fully saturated rings. The molecule has 0 N–H and O–H groups in total. The van der Waals surface area contributed by atoms with E-state index in [9.17, 15) is 0 Å². The van der Waals surface area contributed by atoms with Gasteiger partial charge in [-0.3, -0.25) is 0 Å². The molecule has 0 bridgehead atoms. The largest absolute Gasteiger partial charge is 0.379 e. The van der Waals surface area contributed by atoms with Crippen molar-refractivity contribution in [1.82, 2.24) is 0 Å². The molecule has 0 aromatic rings. The molecule has 0 aliphatic rings. The van der Waals surface area contributed by atoms with E-state index in [1.54, 1.807) is 0 Å². The minimum absolute atomic E-state index is 0.582. The van der Waals surface area contributed by atoms with Crippen LogP contribution in [0.1, 0.15) is 117 Å². The second-order valence-corrected chi connectivity index (χ2v) is 9.62. The fraction of sp³-hybridized carbons (Fsp3) is 1.00. The van der Waals surface area contributed by atoms with Crippen molar-refractivity contribution in [2.24, 2.45) is 0 Å². The average molecular weight is 519 g/mol. The van der Waals surface area contributed by atoms with Crippen LogP contribution in [0.5, 0.6) is 0 Å². The van der Waals surface area contributed by atoms with Crippen LogP contribution in [-0.4, -0.2) is 79.3 Å². The van der Waals surface area contributed by atoms with Crippen LogP contribution in [0, 0.1) is 0 Å². The van der Waals surface area contributed by atoms with Crippen LogP contribution >= 0.6 is 0 Å². The van der Waals surface area contributed by atoms with Crippen LogP contribution in [-0.2, 0) is 28.4 Å². The van der Waals surface area contributed by atoms with Gasteiger partial charge >= 0.3 is 0 Å². The van der Waals surface area contributed by atoms with E-state index < -0.39 is 0 Å². The second kappa shape index (κ2) is 34.8. The van der Waals surface area contributed by atoms with Crippen molar-refractivity contribution < 1.29 is 28.4 Å². The molecule has 0 saturated carbocycles. The Balaban J connectivity index is 3.00. The van der Waals surface area contributed by atoms with E-state index in [4.69, 9.17) is 28.4 Å². The smallest absolute Gasteiger partial charge is 0.0701 e. The van der Waals surface area contributed by atoms with Gasteiger partial charge in [-0.15, -0.1) is 0 Å². The first-order chi connectivity index (χ1) is 17.9. The first-order valence-corrected chi connectivity index (χ1v) is 15.4. The summed E-state index contributed by atoms with van der Waals surface area (Å²) in [6.07, 6.45) is 21.7. The molecule has 0 saturated heterocycles. The highest BCUT2D eigenvalue weighted by atomic mass is 16.6. The van der Waals surface area contributed by atoms with Crippen molar-refractivity contribution in [3.05, 3.63) is 0 Å². The predicted octanol–water partition coefficient (Wildman–Crippen LogP) is 7.37. The summed E-state index contributed by atoms with van der Waals surface area (Å²) in [5.74, 6) is 0. The maximum absolute atomic E-state index is 5.66. The van der Waals surface area contributed by atoms with Gasteiger partial charge in [0.25, 0.3) is 0 Å². The van der Waals surface area contributed by atoms with E-state index in [2.05, 4.69) is 13.8 Å². The Morgan fingerprint density at radius 3 is 0.750 bits per heavy atom. The molecule has 0 unspecified atom stereocenters. The van der Waals surface area contributed by atoms with Crippen LogP contribution in [0.2, 0.25) is 0 Å². The molecule has 0 aliphatic carbocycles. The molecule has 0 heterocycles. The molecule has 0 aromatic heterocycles. The molecule has 0 atom stereocenters. The summed E-state index contributed by atoms with van der Waals surface area (Å²) in [4.78, 5) is 0. The molecule has 0 spiro atoms.